The Morgan fingerprint density at radius 3 is 0.845 bits per heavy atom. The van der Waals surface area contributed by atoms with E-state index in [1.165, 1.54) is 38.0 Å². The van der Waals surface area contributed by atoms with Crippen molar-refractivity contribution in [1.82, 2.24) is 0 Å². The molecule has 0 radical (unpaired) electrons. The Bertz CT molecular complexity index is 2220. The second-order valence-corrected chi connectivity index (χ2v) is 12.9. The first kappa shape index (κ1) is 89.1. The molecule has 84 heavy (non-hydrogen) atoms. The summed E-state index contributed by atoms with van der Waals surface area (Å²) < 4.78 is 142. The normalized spacial score (nSPS) is 9.23. The topological polar surface area (TPSA) is 333 Å². The van der Waals surface area contributed by atoms with E-state index in [4.69, 9.17) is 62.6 Å². The van der Waals surface area contributed by atoms with Gasteiger partial charge in [-0.3, -0.25) is 51.5 Å². The van der Waals surface area contributed by atoms with Gasteiger partial charge in [0.2, 0.25) is 13.9 Å². The molecule has 4 N–H and O–H groups in total. The van der Waals surface area contributed by atoms with Crippen LogP contribution in [-0.2, 0) is 76.0 Å². The first-order valence-electron chi connectivity index (χ1n) is 23.7. The zero-order chi connectivity index (χ0) is 66.7. The van der Waals surface area contributed by atoms with Crippen LogP contribution in [0.2, 0.25) is 0 Å². The number of aldehydes is 3. The Morgan fingerprint density at radius 1 is 0.452 bits per heavy atom. The van der Waals surface area contributed by atoms with Gasteiger partial charge in [-0.2, -0.15) is 0 Å². The summed E-state index contributed by atoms with van der Waals surface area (Å²) in [7, 11) is -0.500. The number of carbonyl (C=O) groups is 8. The number of rotatable bonds is 15. The second kappa shape index (κ2) is 78.5. The zero-order valence-electron chi connectivity index (χ0n) is 47.7. The van der Waals surface area contributed by atoms with Crippen molar-refractivity contribution in [3.05, 3.63) is 142 Å². The van der Waals surface area contributed by atoms with E-state index in [1.807, 2.05) is 52.0 Å². The summed E-state index contributed by atoms with van der Waals surface area (Å²) in [6.45, 7) is 6.31. The number of hydrogen-bond donors (Lipinski definition) is 4. The van der Waals surface area contributed by atoms with Crippen LogP contribution in [0.4, 0.5) is 39.5 Å². The van der Waals surface area contributed by atoms with E-state index in [1.54, 1.807) is 30.3 Å². The van der Waals surface area contributed by atoms with Gasteiger partial charge in [-0.15, -0.1) is 0 Å². The minimum atomic E-state index is -1.75. The number of aliphatic hydroxyl groups excluding tert-OH is 2. The van der Waals surface area contributed by atoms with E-state index in [9.17, 15) is 68.3 Å². The van der Waals surface area contributed by atoms with E-state index >= 15 is 0 Å². The third-order valence-corrected chi connectivity index (χ3v) is 6.95. The fourth-order valence-electron chi connectivity index (χ4n) is 4.16. The Morgan fingerprint density at radius 2 is 0.679 bits per heavy atom. The number of carbonyl (C=O) groups excluding carboxylic acids is 6. The standard InChI is InChI=1S/2C7H6O4.C7H8O3.C6H6O3.C6H8O2.C6H8O.C4H8O.C2H4F2.C2H5F.2CH2F2.2CH3F.2CH2O2/c2*8-3-6-1-2-7(11-6)4-10-5-9;1-6-2-3-7(10-6)4-9-5-8;7-3-5-1-2-6(4-8)9-5;1-5-2-3-6(4-7)8-5;1-5-3-4-6(2)7-5;1-2-4-5-3-1;3-1-2-4;1-2-3;2*2-1-3;2*1-2;2*2-1-3/h2*1-3,5H,4H2;2-3,5H,4H2,1H3;1-3,8H,4H2;2-3,7H,4H2,1H3;3-4H,1-2H3;1-4H2;1-2H2;2H2,1H3;2*1H2;2*1H3;2*1H,(H,2,3)/i;;;;;;;;;;;1D;;;. The van der Waals surface area contributed by atoms with Gasteiger partial charge in [0.25, 0.3) is 32.4 Å². The molecule has 6 aromatic heterocycles. The molecule has 0 saturated carbocycles. The number of alkyl halides is 9. The van der Waals surface area contributed by atoms with Crippen LogP contribution in [0.5, 0.6) is 0 Å². The van der Waals surface area contributed by atoms with E-state index in [-0.39, 0.29) is 69.9 Å². The van der Waals surface area contributed by atoms with Crippen LogP contribution >= 0.6 is 0 Å². The number of halogens is 9. The van der Waals surface area contributed by atoms with Crippen molar-refractivity contribution >= 4 is 51.2 Å². The molecule has 0 aromatic carbocycles. The highest BCUT2D eigenvalue weighted by atomic mass is 19.3. The van der Waals surface area contributed by atoms with E-state index in [2.05, 4.69) is 14.2 Å². The van der Waals surface area contributed by atoms with Gasteiger partial charge >= 0.3 is 0 Å². The van der Waals surface area contributed by atoms with E-state index < -0.39 is 34.4 Å². The van der Waals surface area contributed by atoms with Gasteiger partial charge in [-0.05, 0) is 120 Å². The number of aryl methyl sites for hydroxylation is 4. The SMILES string of the molecule is C1CCOC1.CCF.CF.Cc1ccc(C)o1.Cc1ccc(CO)o1.Cc1ccc(COC=O)o1.FCCF.FCF.FCF.O=CO.O=CO.O=COCc1ccc(C=O)o1.O=COCc1ccc(C=O)o1.O=Cc1ccc(CO)o1.[2H]CF. The molecule has 0 atom stereocenters. The maximum atomic E-state index is 10.3. The molecule has 0 bridgehead atoms. The lowest BCUT2D eigenvalue weighted by atomic mass is 10.4. The fourth-order valence-corrected chi connectivity index (χ4v) is 4.16. The molecule has 0 spiro atoms. The summed E-state index contributed by atoms with van der Waals surface area (Å²) in [6, 6.07) is 20.3. The van der Waals surface area contributed by atoms with Gasteiger partial charge in [-0.25, -0.2) is 26.3 Å². The van der Waals surface area contributed by atoms with Crippen LogP contribution in [0.25, 0.3) is 0 Å². The van der Waals surface area contributed by atoms with Gasteiger partial charge < -0.3 is 65.9 Å². The minimum absolute atomic E-state index is 0.00611. The zero-order valence-corrected chi connectivity index (χ0v) is 46.7. The molecule has 22 nitrogen and oxygen atoms in total. The van der Waals surface area contributed by atoms with Crippen LogP contribution in [0.15, 0.2) is 99.3 Å². The summed E-state index contributed by atoms with van der Waals surface area (Å²) >= 11 is 0. The third kappa shape index (κ3) is 71.3. The van der Waals surface area contributed by atoms with Crippen molar-refractivity contribution < 1.29 is 145 Å². The summed E-state index contributed by atoms with van der Waals surface area (Å²) in [6.07, 6.45) is 4.33. The lowest BCUT2D eigenvalue weighted by Gasteiger charge is -1.91. The van der Waals surface area contributed by atoms with E-state index in [0.29, 0.717) is 74.3 Å². The predicted octanol–water partition coefficient (Wildman–Crippen LogP) is 11.4. The third-order valence-electron chi connectivity index (χ3n) is 6.95. The van der Waals surface area contributed by atoms with Crippen molar-refractivity contribution in [3.8, 4) is 0 Å². The van der Waals surface area contributed by atoms with Crippen LogP contribution in [0.3, 0.4) is 0 Å². The maximum Gasteiger partial charge on any atom is 0.293 e. The van der Waals surface area contributed by atoms with Crippen molar-refractivity contribution in [2.45, 2.75) is 80.5 Å². The lowest BCUT2D eigenvalue weighted by molar-refractivity contribution is -0.131. The predicted molar refractivity (Wildman–Crippen MR) is 281 cm³/mol. The lowest BCUT2D eigenvalue weighted by Crippen LogP contribution is -1.86. The van der Waals surface area contributed by atoms with Crippen LogP contribution in [-0.4, -0.2) is 133 Å². The molecule has 0 aliphatic carbocycles. The van der Waals surface area contributed by atoms with Crippen LogP contribution < -0.4 is 0 Å². The van der Waals surface area contributed by atoms with Crippen molar-refractivity contribution in [1.29, 1.82) is 0 Å². The van der Waals surface area contributed by atoms with Crippen LogP contribution in [0.1, 0.15) is 105 Å². The molecule has 6 aromatic rings. The van der Waals surface area contributed by atoms with Crippen molar-refractivity contribution in [2.75, 3.05) is 61.4 Å². The first-order valence-corrected chi connectivity index (χ1v) is 23.0. The molecule has 31 heteroatoms. The maximum absolute atomic E-state index is 10.3. The minimum Gasteiger partial charge on any atom is -0.483 e. The molecular weight excluding hydrogens is 1160 g/mol. The quantitative estimate of drug-likeness (QED) is 0.0421. The number of hydrogen-bond acceptors (Lipinski definition) is 20. The van der Waals surface area contributed by atoms with Gasteiger partial charge in [0.05, 0.1) is 22.4 Å². The van der Waals surface area contributed by atoms with Crippen molar-refractivity contribution in [2.24, 2.45) is 0 Å². The smallest absolute Gasteiger partial charge is 0.293 e. The molecule has 7 heterocycles. The van der Waals surface area contributed by atoms with Crippen LogP contribution in [0, 0.1) is 27.7 Å². The molecular formula is C53H73F9O22. The summed E-state index contributed by atoms with van der Waals surface area (Å²) in [4.78, 5) is 76.0. The number of furan rings is 6. The highest BCUT2D eigenvalue weighted by molar-refractivity contribution is 5.71. The Kier molecular flexibility index (Phi) is 83.3. The number of aliphatic hydroxyl groups is 2. The molecule has 1 aliphatic heterocycles. The molecule has 1 aliphatic rings. The molecule has 7 rings (SSSR count). The monoisotopic (exact) mass is 1230 g/mol. The molecule has 0 unspecified atom stereocenters. The average molecular weight is 1230 g/mol. The summed E-state index contributed by atoms with van der Waals surface area (Å²) in [5.41, 5.74) is 0. The van der Waals surface area contributed by atoms with Gasteiger partial charge in [0.1, 0.15) is 98.2 Å². The Labute approximate surface area is 479 Å². The molecule has 1 fully saturated rings. The average Bonchev–Trinajstić information content (AvgIpc) is 4.41. The molecule has 1 saturated heterocycles. The Balaban J connectivity index is -0.000000128. The van der Waals surface area contributed by atoms with E-state index in [0.717, 1.165) is 36.3 Å². The highest BCUT2D eigenvalue weighted by Crippen LogP contribution is 2.09. The largest absolute Gasteiger partial charge is 0.483 e. The number of carboxylic acid groups (broad SMARTS) is 2. The van der Waals surface area contributed by atoms with Gasteiger partial charge in [0, 0.05) is 13.2 Å². The summed E-state index contributed by atoms with van der Waals surface area (Å²) in [5, 5.41) is 30.7. The van der Waals surface area contributed by atoms with Gasteiger partial charge in [-0.1, -0.05) is 0 Å². The van der Waals surface area contributed by atoms with Crippen molar-refractivity contribution in [3.63, 3.8) is 0 Å². The Hall–Kier alpha value is -8.71. The molecule has 480 valence electrons. The second-order valence-electron chi connectivity index (χ2n) is 12.9. The first-order chi connectivity index (χ1) is 40.9. The highest BCUT2D eigenvalue weighted by Gasteiger charge is 2.01. The van der Waals surface area contributed by atoms with Gasteiger partial charge in [0.15, 0.2) is 36.1 Å². The molecule has 0 amide bonds. The number of ether oxygens (including phenoxy) is 4. The fraction of sp³-hybridized carbons (Fsp3) is 0.396. The summed E-state index contributed by atoms with van der Waals surface area (Å²) in [5.74, 6) is 6.97.